The fourth-order valence-corrected chi connectivity index (χ4v) is 5.19. The SMILES string of the molecule is Cc1ccc(NS(=O)(=O)c2cc(C(=O)NC(C)(C)CC(C)(C)C)ccc2Cl)cc1C. The maximum atomic E-state index is 12.9. The maximum Gasteiger partial charge on any atom is 0.263 e. The predicted octanol–water partition coefficient (Wildman–Crippen LogP) is 5.70. The summed E-state index contributed by atoms with van der Waals surface area (Å²) in [6.45, 7) is 14.1. The maximum absolute atomic E-state index is 12.9. The predicted molar refractivity (Wildman–Crippen MR) is 124 cm³/mol. The molecule has 1 amide bonds. The van der Waals surface area contributed by atoms with Gasteiger partial charge in [-0.2, -0.15) is 0 Å². The average molecular weight is 451 g/mol. The molecule has 0 unspecified atom stereocenters. The molecule has 2 rings (SSSR count). The van der Waals surface area contributed by atoms with E-state index in [1.54, 1.807) is 12.1 Å². The van der Waals surface area contributed by atoms with E-state index in [9.17, 15) is 13.2 Å². The van der Waals surface area contributed by atoms with Crippen molar-refractivity contribution in [2.45, 2.75) is 65.3 Å². The molecule has 30 heavy (non-hydrogen) atoms. The van der Waals surface area contributed by atoms with Crippen molar-refractivity contribution in [1.82, 2.24) is 5.32 Å². The molecule has 0 saturated heterocycles. The molecule has 0 fully saturated rings. The van der Waals surface area contributed by atoms with Crippen LogP contribution in [0, 0.1) is 19.3 Å². The molecule has 0 bridgehead atoms. The molecular weight excluding hydrogens is 420 g/mol. The van der Waals surface area contributed by atoms with Crippen LogP contribution in [-0.4, -0.2) is 19.9 Å². The third-order valence-electron chi connectivity index (χ3n) is 4.67. The van der Waals surface area contributed by atoms with E-state index in [0.717, 1.165) is 17.5 Å². The van der Waals surface area contributed by atoms with Crippen LogP contribution in [0.5, 0.6) is 0 Å². The van der Waals surface area contributed by atoms with Gasteiger partial charge in [0.1, 0.15) is 4.90 Å². The van der Waals surface area contributed by atoms with Crippen molar-refractivity contribution in [3.8, 4) is 0 Å². The third kappa shape index (κ3) is 6.47. The van der Waals surface area contributed by atoms with Gasteiger partial charge in [0.25, 0.3) is 15.9 Å². The molecule has 2 aromatic rings. The Labute approximate surface area is 185 Å². The second kappa shape index (κ2) is 8.60. The van der Waals surface area contributed by atoms with E-state index < -0.39 is 15.6 Å². The Balaban J connectivity index is 2.31. The van der Waals surface area contributed by atoms with Gasteiger partial charge in [0.05, 0.1) is 5.02 Å². The first-order chi connectivity index (χ1) is 13.6. The molecule has 7 heteroatoms. The molecule has 0 aliphatic heterocycles. The highest BCUT2D eigenvalue weighted by Gasteiger charge is 2.28. The third-order valence-corrected chi connectivity index (χ3v) is 6.53. The molecule has 0 aliphatic rings. The van der Waals surface area contributed by atoms with Gasteiger partial charge < -0.3 is 5.32 Å². The van der Waals surface area contributed by atoms with Gasteiger partial charge >= 0.3 is 0 Å². The Hall–Kier alpha value is -2.05. The molecule has 164 valence electrons. The second-order valence-corrected chi connectivity index (χ2v) is 11.7. The Morgan fingerprint density at radius 2 is 1.60 bits per heavy atom. The van der Waals surface area contributed by atoms with Gasteiger partial charge in [-0.25, -0.2) is 8.42 Å². The number of anilines is 1. The zero-order chi connectivity index (χ0) is 22.9. The van der Waals surface area contributed by atoms with E-state index >= 15 is 0 Å². The average Bonchev–Trinajstić information content (AvgIpc) is 2.55. The van der Waals surface area contributed by atoms with E-state index in [4.69, 9.17) is 11.6 Å². The highest BCUT2D eigenvalue weighted by atomic mass is 35.5. The number of carbonyl (C=O) groups is 1. The highest BCUT2D eigenvalue weighted by Crippen LogP contribution is 2.29. The van der Waals surface area contributed by atoms with Crippen molar-refractivity contribution in [2.24, 2.45) is 5.41 Å². The minimum atomic E-state index is -3.96. The number of benzene rings is 2. The van der Waals surface area contributed by atoms with E-state index in [0.29, 0.717) is 5.69 Å². The summed E-state index contributed by atoms with van der Waals surface area (Å²) in [4.78, 5) is 12.7. The molecule has 0 saturated carbocycles. The van der Waals surface area contributed by atoms with Crippen LogP contribution in [0.2, 0.25) is 5.02 Å². The lowest BCUT2D eigenvalue weighted by atomic mass is 9.81. The van der Waals surface area contributed by atoms with Crippen molar-refractivity contribution in [1.29, 1.82) is 0 Å². The molecule has 0 aliphatic carbocycles. The smallest absolute Gasteiger partial charge is 0.263 e. The number of nitrogens with one attached hydrogen (secondary N) is 2. The lowest BCUT2D eigenvalue weighted by Gasteiger charge is -2.33. The number of sulfonamides is 1. The van der Waals surface area contributed by atoms with Gasteiger partial charge in [-0.1, -0.05) is 38.4 Å². The Kier molecular flexibility index (Phi) is 6.94. The Morgan fingerprint density at radius 1 is 0.967 bits per heavy atom. The van der Waals surface area contributed by atoms with E-state index in [2.05, 4.69) is 30.8 Å². The van der Waals surface area contributed by atoms with Crippen LogP contribution in [0.3, 0.4) is 0 Å². The van der Waals surface area contributed by atoms with Crippen LogP contribution in [0.25, 0.3) is 0 Å². The number of rotatable bonds is 6. The summed E-state index contributed by atoms with van der Waals surface area (Å²) < 4.78 is 28.4. The number of hydrogen-bond acceptors (Lipinski definition) is 3. The lowest BCUT2D eigenvalue weighted by Crippen LogP contribution is -2.45. The van der Waals surface area contributed by atoms with E-state index in [1.165, 1.54) is 18.2 Å². The number of carbonyl (C=O) groups excluding carboxylic acids is 1. The van der Waals surface area contributed by atoms with Crippen LogP contribution in [0.1, 0.15) is 62.5 Å². The molecule has 0 spiro atoms. The van der Waals surface area contributed by atoms with Gasteiger partial charge in [-0.3, -0.25) is 9.52 Å². The Morgan fingerprint density at radius 3 is 2.17 bits per heavy atom. The first-order valence-corrected chi connectivity index (χ1v) is 11.7. The fraction of sp³-hybridized carbons (Fsp3) is 0.435. The summed E-state index contributed by atoms with van der Waals surface area (Å²) in [7, 11) is -3.96. The van der Waals surface area contributed by atoms with E-state index in [1.807, 2.05) is 33.8 Å². The zero-order valence-corrected chi connectivity index (χ0v) is 20.3. The van der Waals surface area contributed by atoms with Crippen molar-refractivity contribution in [2.75, 3.05) is 4.72 Å². The van der Waals surface area contributed by atoms with Crippen LogP contribution >= 0.6 is 11.6 Å². The van der Waals surface area contributed by atoms with Crippen LogP contribution in [0.4, 0.5) is 5.69 Å². The normalized spacial score (nSPS) is 12.5. The van der Waals surface area contributed by atoms with Gasteiger partial charge in [0.15, 0.2) is 0 Å². The number of aryl methyl sites for hydroxylation is 2. The summed E-state index contributed by atoms with van der Waals surface area (Å²) in [5, 5.41) is 3.05. The standard InChI is InChI=1S/C23H31ClN2O3S/c1-15-8-10-18(12-16(15)2)26-30(28,29)20-13-17(9-11-19(20)24)21(27)25-23(6,7)14-22(3,4)5/h8-13,26H,14H2,1-7H3,(H,25,27). The molecule has 0 radical (unpaired) electrons. The quantitative estimate of drug-likeness (QED) is 0.592. The van der Waals surface area contributed by atoms with Crippen molar-refractivity contribution in [3.63, 3.8) is 0 Å². The summed E-state index contributed by atoms with van der Waals surface area (Å²) >= 11 is 6.18. The molecule has 2 N–H and O–H groups in total. The van der Waals surface area contributed by atoms with Gasteiger partial charge in [0.2, 0.25) is 0 Å². The van der Waals surface area contributed by atoms with Crippen molar-refractivity contribution in [3.05, 3.63) is 58.1 Å². The zero-order valence-electron chi connectivity index (χ0n) is 18.7. The summed E-state index contributed by atoms with van der Waals surface area (Å²) in [6.07, 6.45) is 0.763. The summed E-state index contributed by atoms with van der Waals surface area (Å²) in [5.41, 5.74) is 2.28. The minimum absolute atomic E-state index is 0.0291. The van der Waals surface area contributed by atoms with Gasteiger partial charge in [-0.05, 0) is 81.0 Å². The second-order valence-electron chi connectivity index (χ2n) is 9.63. The van der Waals surface area contributed by atoms with Crippen LogP contribution in [-0.2, 0) is 10.0 Å². The summed E-state index contributed by atoms with van der Waals surface area (Å²) in [5.74, 6) is -0.344. The molecular formula is C23H31ClN2O3S. The minimum Gasteiger partial charge on any atom is -0.347 e. The van der Waals surface area contributed by atoms with Gasteiger partial charge in [0, 0.05) is 16.8 Å². The molecule has 5 nitrogen and oxygen atoms in total. The summed E-state index contributed by atoms with van der Waals surface area (Å²) in [6, 6.07) is 9.57. The molecule has 0 aromatic heterocycles. The number of hydrogen-bond donors (Lipinski definition) is 2. The highest BCUT2D eigenvalue weighted by molar-refractivity contribution is 7.92. The van der Waals surface area contributed by atoms with Gasteiger partial charge in [-0.15, -0.1) is 0 Å². The molecule has 0 heterocycles. The topological polar surface area (TPSA) is 75.3 Å². The largest absolute Gasteiger partial charge is 0.347 e. The van der Waals surface area contributed by atoms with E-state index in [-0.39, 0.29) is 26.8 Å². The van der Waals surface area contributed by atoms with Crippen molar-refractivity contribution >= 4 is 33.2 Å². The van der Waals surface area contributed by atoms with Crippen molar-refractivity contribution < 1.29 is 13.2 Å². The molecule has 0 atom stereocenters. The van der Waals surface area contributed by atoms with Crippen LogP contribution < -0.4 is 10.0 Å². The fourth-order valence-electron chi connectivity index (χ4n) is 3.62. The lowest BCUT2D eigenvalue weighted by molar-refractivity contribution is 0.0891. The number of amides is 1. The first kappa shape index (κ1) is 24.2. The van der Waals surface area contributed by atoms with Crippen LogP contribution in [0.15, 0.2) is 41.3 Å². The monoisotopic (exact) mass is 450 g/mol. The number of halogens is 1. The molecule has 2 aromatic carbocycles. The Bertz CT molecular complexity index is 1050. The first-order valence-electron chi connectivity index (χ1n) is 9.82.